The van der Waals surface area contributed by atoms with E-state index >= 15 is 0 Å². The van der Waals surface area contributed by atoms with Crippen molar-refractivity contribution in [2.24, 2.45) is 23.2 Å². The van der Waals surface area contributed by atoms with Crippen molar-refractivity contribution < 1.29 is 0 Å². The van der Waals surface area contributed by atoms with Crippen molar-refractivity contribution in [1.29, 1.82) is 0 Å². The maximum Gasteiger partial charge on any atom is 0.00955 e. The Balaban J connectivity index is 1.46. The highest BCUT2D eigenvalue weighted by atomic mass is 15.1. The largest absolute Gasteiger partial charge is 0.314 e. The van der Waals surface area contributed by atoms with Gasteiger partial charge in [-0.3, -0.25) is 0 Å². The minimum atomic E-state index is 0.671. The molecule has 4 fully saturated rings. The molecule has 0 aromatic carbocycles. The van der Waals surface area contributed by atoms with E-state index in [4.69, 9.17) is 0 Å². The fraction of sp³-hybridized carbons (Fsp3) is 1.00. The second-order valence-corrected chi connectivity index (χ2v) is 8.34. The first-order valence-electron chi connectivity index (χ1n) is 9.61. The van der Waals surface area contributed by atoms with E-state index in [-0.39, 0.29) is 0 Å². The highest BCUT2D eigenvalue weighted by Gasteiger charge is 2.52. The zero-order valence-corrected chi connectivity index (χ0v) is 14.5. The summed E-state index contributed by atoms with van der Waals surface area (Å²) < 4.78 is 0. The Kier molecular flexibility index (Phi) is 4.95. The van der Waals surface area contributed by atoms with Crippen LogP contribution in [-0.4, -0.2) is 37.1 Å². The van der Waals surface area contributed by atoms with Crippen LogP contribution in [-0.2, 0) is 0 Å². The average Bonchev–Trinajstić information content (AvgIpc) is 2.46. The van der Waals surface area contributed by atoms with Crippen molar-refractivity contribution >= 4 is 0 Å². The fourth-order valence-corrected chi connectivity index (χ4v) is 6.09. The molecule has 122 valence electrons. The van der Waals surface area contributed by atoms with Gasteiger partial charge in [0.2, 0.25) is 0 Å². The summed E-state index contributed by atoms with van der Waals surface area (Å²) >= 11 is 0. The van der Waals surface area contributed by atoms with Gasteiger partial charge in [0, 0.05) is 6.04 Å². The molecule has 1 unspecified atom stereocenters. The van der Waals surface area contributed by atoms with Crippen LogP contribution in [0.15, 0.2) is 0 Å². The van der Waals surface area contributed by atoms with Crippen molar-refractivity contribution in [3.8, 4) is 0 Å². The van der Waals surface area contributed by atoms with E-state index in [1.54, 1.807) is 19.3 Å². The van der Waals surface area contributed by atoms with Crippen LogP contribution in [0.1, 0.15) is 65.7 Å². The normalized spacial score (nSPS) is 39.1. The summed E-state index contributed by atoms with van der Waals surface area (Å²) in [5.41, 5.74) is 0.671. The van der Waals surface area contributed by atoms with Crippen molar-refractivity contribution in [1.82, 2.24) is 10.2 Å². The Morgan fingerprint density at radius 3 is 2.00 bits per heavy atom. The molecule has 4 aliphatic carbocycles. The van der Waals surface area contributed by atoms with Crippen LogP contribution in [0, 0.1) is 23.2 Å². The Labute approximate surface area is 132 Å². The van der Waals surface area contributed by atoms with Crippen molar-refractivity contribution in [3.63, 3.8) is 0 Å². The van der Waals surface area contributed by atoms with Gasteiger partial charge in [-0.1, -0.05) is 13.8 Å². The molecule has 2 nitrogen and oxygen atoms in total. The third kappa shape index (κ3) is 3.32. The van der Waals surface area contributed by atoms with Gasteiger partial charge in [-0.15, -0.1) is 0 Å². The smallest absolute Gasteiger partial charge is 0.00955 e. The molecule has 0 aromatic rings. The molecule has 1 N–H and O–H groups in total. The monoisotopic (exact) mass is 292 g/mol. The molecule has 4 aliphatic rings. The zero-order valence-electron chi connectivity index (χ0n) is 14.5. The SMILES string of the molecule is CCN(CC)CCCNC(C)C12CC3CC(CC(C3)C1)C2. The topological polar surface area (TPSA) is 15.3 Å². The van der Waals surface area contributed by atoms with Gasteiger partial charge in [0.05, 0.1) is 0 Å². The zero-order chi connectivity index (χ0) is 14.9. The lowest BCUT2D eigenvalue weighted by Crippen LogP contribution is -2.55. The molecule has 0 heterocycles. The standard InChI is InChI=1S/C19H36N2/c1-4-21(5-2)8-6-7-20-15(3)19-12-16-9-17(13-19)11-18(10-16)14-19/h15-18,20H,4-14H2,1-3H3. The van der Waals surface area contributed by atoms with Gasteiger partial charge < -0.3 is 10.2 Å². The Hall–Kier alpha value is -0.0800. The van der Waals surface area contributed by atoms with E-state index in [1.807, 2.05) is 0 Å². The molecule has 4 bridgehead atoms. The molecule has 1 atom stereocenters. The molecule has 21 heavy (non-hydrogen) atoms. The van der Waals surface area contributed by atoms with Crippen LogP contribution in [0.25, 0.3) is 0 Å². The summed E-state index contributed by atoms with van der Waals surface area (Å²) in [7, 11) is 0. The number of hydrogen-bond acceptors (Lipinski definition) is 2. The third-order valence-electron chi connectivity index (χ3n) is 7.00. The molecule has 4 saturated carbocycles. The van der Waals surface area contributed by atoms with Crippen LogP contribution >= 0.6 is 0 Å². The lowest BCUT2D eigenvalue weighted by Gasteiger charge is -2.59. The fourth-order valence-electron chi connectivity index (χ4n) is 6.09. The van der Waals surface area contributed by atoms with E-state index in [1.165, 1.54) is 51.9 Å². The van der Waals surface area contributed by atoms with Crippen molar-refractivity contribution in [2.45, 2.75) is 71.8 Å². The lowest BCUT2D eigenvalue weighted by atomic mass is 9.48. The highest BCUT2D eigenvalue weighted by Crippen LogP contribution is 2.61. The van der Waals surface area contributed by atoms with Gasteiger partial charge in [0.15, 0.2) is 0 Å². The molecule has 4 rings (SSSR count). The van der Waals surface area contributed by atoms with Crippen LogP contribution in [0.2, 0.25) is 0 Å². The summed E-state index contributed by atoms with van der Waals surface area (Å²) in [4.78, 5) is 2.54. The average molecular weight is 293 g/mol. The summed E-state index contributed by atoms with van der Waals surface area (Å²) in [6.45, 7) is 11.9. The highest BCUT2D eigenvalue weighted by molar-refractivity contribution is 5.05. The molecule has 0 aliphatic heterocycles. The first kappa shape index (κ1) is 15.8. The second kappa shape index (κ2) is 6.58. The number of hydrogen-bond donors (Lipinski definition) is 1. The second-order valence-electron chi connectivity index (χ2n) is 8.34. The van der Waals surface area contributed by atoms with Crippen LogP contribution < -0.4 is 5.32 Å². The number of nitrogens with one attached hydrogen (secondary N) is 1. The van der Waals surface area contributed by atoms with Crippen LogP contribution in [0.5, 0.6) is 0 Å². The van der Waals surface area contributed by atoms with Gasteiger partial charge in [0.25, 0.3) is 0 Å². The van der Waals surface area contributed by atoms with E-state index < -0.39 is 0 Å². The Morgan fingerprint density at radius 1 is 1.00 bits per heavy atom. The first-order chi connectivity index (χ1) is 10.1. The minimum absolute atomic E-state index is 0.671. The van der Waals surface area contributed by atoms with Gasteiger partial charge in [0.1, 0.15) is 0 Å². The van der Waals surface area contributed by atoms with Gasteiger partial charge in [-0.25, -0.2) is 0 Å². The molecule has 0 saturated heterocycles. The van der Waals surface area contributed by atoms with E-state index in [0.717, 1.165) is 23.8 Å². The predicted molar refractivity (Wildman–Crippen MR) is 90.5 cm³/mol. The maximum atomic E-state index is 3.92. The van der Waals surface area contributed by atoms with Crippen LogP contribution in [0.4, 0.5) is 0 Å². The predicted octanol–water partition coefficient (Wildman–Crippen LogP) is 3.91. The number of nitrogens with zero attached hydrogens (tertiary/aromatic N) is 1. The third-order valence-corrected chi connectivity index (χ3v) is 7.00. The summed E-state index contributed by atoms with van der Waals surface area (Å²) in [6, 6.07) is 0.739. The van der Waals surface area contributed by atoms with E-state index in [9.17, 15) is 0 Å². The van der Waals surface area contributed by atoms with Gasteiger partial charge in [-0.05, 0) is 101 Å². The van der Waals surface area contributed by atoms with Crippen molar-refractivity contribution in [2.75, 3.05) is 26.2 Å². The van der Waals surface area contributed by atoms with E-state index in [0.29, 0.717) is 5.41 Å². The molecular formula is C19H36N2. The molecule has 0 amide bonds. The molecule has 0 spiro atoms. The van der Waals surface area contributed by atoms with Crippen LogP contribution in [0.3, 0.4) is 0 Å². The maximum absolute atomic E-state index is 3.92. The quantitative estimate of drug-likeness (QED) is 0.682. The molecule has 0 radical (unpaired) electrons. The Morgan fingerprint density at radius 2 is 1.52 bits per heavy atom. The van der Waals surface area contributed by atoms with Gasteiger partial charge in [-0.2, -0.15) is 0 Å². The Bertz CT molecular complexity index is 299. The minimum Gasteiger partial charge on any atom is -0.314 e. The molecular weight excluding hydrogens is 256 g/mol. The van der Waals surface area contributed by atoms with Crippen molar-refractivity contribution in [3.05, 3.63) is 0 Å². The molecule has 0 aromatic heterocycles. The molecule has 2 heteroatoms. The first-order valence-corrected chi connectivity index (χ1v) is 9.61. The number of rotatable bonds is 8. The van der Waals surface area contributed by atoms with Gasteiger partial charge >= 0.3 is 0 Å². The van der Waals surface area contributed by atoms with E-state index in [2.05, 4.69) is 31.0 Å². The summed E-state index contributed by atoms with van der Waals surface area (Å²) in [5, 5.41) is 3.92. The lowest BCUT2D eigenvalue weighted by molar-refractivity contribution is -0.0703. The summed E-state index contributed by atoms with van der Waals surface area (Å²) in [5.74, 6) is 3.24. The summed E-state index contributed by atoms with van der Waals surface area (Å²) in [6.07, 6.45) is 10.6.